The van der Waals surface area contributed by atoms with Crippen molar-refractivity contribution in [3.05, 3.63) is 0 Å². The molecule has 0 saturated carbocycles. The van der Waals surface area contributed by atoms with Crippen LogP contribution < -0.4 is 5.32 Å². The molecule has 3 nitrogen and oxygen atoms in total. The number of carbonyl (C=O) groups is 1. The number of nitrogens with one attached hydrogen (secondary N) is 1. The van der Waals surface area contributed by atoms with E-state index in [1.807, 2.05) is 11.8 Å². The molecule has 3 rings (SSSR count). The second-order valence-electron chi connectivity index (χ2n) is 6.03. The molecule has 1 N–H and O–H groups in total. The normalized spacial score (nSPS) is 33.4. The van der Waals surface area contributed by atoms with Gasteiger partial charge in [-0.05, 0) is 49.5 Å². The molecule has 2 bridgehead atoms. The van der Waals surface area contributed by atoms with Gasteiger partial charge in [-0.3, -0.25) is 4.79 Å². The van der Waals surface area contributed by atoms with Gasteiger partial charge in [0, 0.05) is 31.6 Å². The van der Waals surface area contributed by atoms with Gasteiger partial charge in [-0.1, -0.05) is 0 Å². The summed E-state index contributed by atoms with van der Waals surface area (Å²) in [5, 5.41) is 3.64. The summed E-state index contributed by atoms with van der Waals surface area (Å²) in [7, 11) is 0. The summed E-state index contributed by atoms with van der Waals surface area (Å²) in [4.78, 5) is 14.5. The van der Waals surface area contributed by atoms with Gasteiger partial charge in [0.1, 0.15) is 0 Å². The van der Waals surface area contributed by atoms with E-state index in [9.17, 15) is 4.79 Å². The lowest BCUT2D eigenvalue weighted by Crippen LogP contribution is -2.39. The molecule has 3 heterocycles. The predicted octanol–water partition coefficient (Wildman–Crippen LogP) is 1.87. The fourth-order valence-electron chi connectivity index (χ4n) is 3.50. The van der Waals surface area contributed by atoms with Gasteiger partial charge in [0.2, 0.25) is 5.91 Å². The molecule has 0 aliphatic carbocycles. The molecule has 102 valence electrons. The van der Waals surface area contributed by atoms with Crippen molar-refractivity contribution < 1.29 is 4.79 Å². The van der Waals surface area contributed by atoms with Crippen LogP contribution in [0.4, 0.5) is 0 Å². The van der Waals surface area contributed by atoms with Gasteiger partial charge in [-0.25, -0.2) is 0 Å². The van der Waals surface area contributed by atoms with Crippen molar-refractivity contribution in [1.29, 1.82) is 0 Å². The number of rotatable bonds is 2. The molecule has 0 spiro atoms. The van der Waals surface area contributed by atoms with Crippen molar-refractivity contribution in [1.82, 2.24) is 10.2 Å². The number of amides is 1. The Labute approximate surface area is 114 Å². The van der Waals surface area contributed by atoms with Gasteiger partial charge in [-0.15, -0.1) is 0 Å². The van der Waals surface area contributed by atoms with Gasteiger partial charge < -0.3 is 10.2 Å². The molecule has 0 aromatic heterocycles. The van der Waals surface area contributed by atoms with E-state index in [1.54, 1.807) is 0 Å². The van der Waals surface area contributed by atoms with Gasteiger partial charge in [0.25, 0.3) is 0 Å². The molecule has 3 saturated heterocycles. The summed E-state index contributed by atoms with van der Waals surface area (Å²) < 4.78 is 0. The first-order valence-corrected chi connectivity index (χ1v) is 8.58. The average molecular weight is 268 g/mol. The fraction of sp³-hybridized carbons (Fsp3) is 0.929. The molecular weight excluding hydrogens is 244 g/mol. The first kappa shape index (κ1) is 12.8. The van der Waals surface area contributed by atoms with Crippen molar-refractivity contribution in [2.24, 2.45) is 5.92 Å². The van der Waals surface area contributed by atoms with E-state index < -0.39 is 0 Å². The third kappa shape index (κ3) is 3.02. The maximum Gasteiger partial charge on any atom is 0.222 e. The van der Waals surface area contributed by atoms with Crippen LogP contribution in [0.25, 0.3) is 0 Å². The first-order valence-electron chi connectivity index (χ1n) is 7.43. The lowest BCUT2D eigenvalue weighted by molar-refractivity contribution is -0.132. The number of hydrogen-bond donors (Lipinski definition) is 1. The highest BCUT2D eigenvalue weighted by molar-refractivity contribution is 7.99. The molecule has 0 aromatic carbocycles. The number of carbonyl (C=O) groups excluding carboxylic acids is 1. The highest BCUT2D eigenvalue weighted by Crippen LogP contribution is 2.27. The summed E-state index contributed by atoms with van der Waals surface area (Å²) >= 11 is 2.04. The number of nitrogens with zero attached hydrogens (tertiary/aromatic N) is 1. The van der Waals surface area contributed by atoms with Crippen LogP contribution in [-0.2, 0) is 4.79 Å². The van der Waals surface area contributed by atoms with Gasteiger partial charge in [0.05, 0.1) is 0 Å². The maximum absolute atomic E-state index is 12.4. The fourth-order valence-corrected chi connectivity index (χ4v) is 4.70. The Kier molecular flexibility index (Phi) is 4.14. The van der Waals surface area contributed by atoms with E-state index >= 15 is 0 Å². The monoisotopic (exact) mass is 268 g/mol. The zero-order chi connectivity index (χ0) is 12.4. The van der Waals surface area contributed by atoms with Crippen LogP contribution in [0, 0.1) is 5.92 Å². The van der Waals surface area contributed by atoms with Crippen LogP contribution in [0.3, 0.4) is 0 Å². The van der Waals surface area contributed by atoms with E-state index in [0.717, 1.165) is 25.9 Å². The Hall–Kier alpha value is -0.220. The van der Waals surface area contributed by atoms with E-state index in [1.165, 1.54) is 37.2 Å². The first-order chi connectivity index (χ1) is 8.81. The molecule has 3 fully saturated rings. The number of hydrogen-bond acceptors (Lipinski definition) is 3. The highest BCUT2D eigenvalue weighted by atomic mass is 32.2. The van der Waals surface area contributed by atoms with Crippen LogP contribution >= 0.6 is 11.8 Å². The van der Waals surface area contributed by atoms with E-state index in [2.05, 4.69) is 10.2 Å². The van der Waals surface area contributed by atoms with Gasteiger partial charge in [-0.2, -0.15) is 11.8 Å². The molecule has 2 unspecified atom stereocenters. The number of likely N-dealkylation sites (tertiary alicyclic amines) is 1. The van der Waals surface area contributed by atoms with E-state index in [4.69, 9.17) is 0 Å². The lowest BCUT2D eigenvalue weighted by Gasteiger charge is -2.27. The molecule has 0 aromatic rings. The lowest BCUT2D eigenvalue weighted by atomic mass is 9.97. The molecular formula is C14H24N2OS. The average Bonchev–Trinajstić information content (AvgIpc) is 2.70. The molecule has 4 heteroatoms. The Morgan fingerprint density at radius 3 is 2.72 bits per heavy atom. The van der Waals surface area contributed by atoms with Gasteiger partial charge in [0.15, 0.2) is 0 Å². The predicted molar refractivity (Wildman–Crippen MR) is 75.8 cm³/mol. The summed E-state index contributed by atoms with van der Waals surface area (Å²) in [6, 6.07) is 1.25. The van der Waals surface area contributed by atoms with Crippen molar-refractivity contribution in [2.45, 2.75) is 50.6 Å². The minimum Gasteiger partial charge on any atom is -0.341 e. The molecule has 1 amide bonds. The van der Waals surface area contributed by atoms with E-state index in [0.29, 0.717) is 23.9 Å². The summed E-state index contributed by atoms with van der Waals surface area (Å²) in [6.07, 6.45) is 7.02. The van der Waals surface area contributed by atoms with Crippen LogP contribution in [0.5, 0.6) is 0 Å². The third-order valence-corrected chi connectivity index (χ3v) is 5.73. The second kappa shape index (κ2) is 5.83. The molecule has 3 aliphatic rings. The Morgan fingerprint density at radius 1 is 1.11 bits per heavy atom. The summed E-state index contributed by atoms with van der Waals surface area (Å²) in [5.74, 6) is 3.59. The Bertz CT molecular complexity index is 304. The van der Waals surface area contributed by atoms with Crippen LogP contribution in [0.15, 0.2) is 0 Å². The summed E-state index contributed by atoms with van der Waals surface area (Å²) in [6.45, 7) is 1.94. The van der Waals surface area contributed by atoms with Crippen molar-refractivity contribution in [3.63, 3.8) is 0 Å². The molecule has 0 radical (unpaired) electrons. The van der Waals surface area contributed by atoms with E-state index in [-0.39, 0.29) is 0 Å². The highest BCUT2D eigenvalue weighted by Gasteiger charge is 2.31. The second-order valence-corrected chi connectivity index (χ2v) is 7.25. The topological polar surface area (TPSA) is 32.3 Å². The third-order valence-electron chi connectivity index (χ3n) is 4.68. The SMILES string of the molecule is O=C(CC1CCSCC1)N1CCC2CCC(C1)N2. The smallest absolute Gasteiger partial charge is 0.222 e. The maximum atomic E-state index is 12.4. The van der Waals surface area contributed by atoms with Crippen molar-refractivity contribution in [2.75, 3.05) is 24.6 Å². The Morgan fingerprint density at radius 2 is 1.89 bits per heavy atom. The summed E-state index contributed by atoms with van der Waals surface area (Å²) in [5.41, 5.74) is 0. The zero-order valence-electron chi connectivity index (χ0n) is 11.1. The quantitative estimate of drug-likeness (QED) is 0.830. The van der Waals surface area contributed by atoms with Crippen LogP contribution in [-0.4, -0.2) is 47.5 Å². The van der Waals surface area contributed by atoms with Gasteiger partial charge >= 0.3 is 0 Å². The number of thioether (sulfide) groups is 1. The Balaban J connectivity index is 1.52. The van der Waals surface area contributed by atoms with Crippen LogP contribution in [0.2, 0.25) is 0 Å². The minimum absolute atomic E-state index is 0.418. The molecule has 3 aliphatic heterocycles. The minimum atomic E-state index is 0.418. The number of fused-ring (bicyclic) bond motifs is 2. The molecule has 18 heavy (non-hydrogen) atoms. The molecule has 2 atom stereocenters. The standard InChI is InChI=1S/C14H24N2OS/c17-14(9-11-4-7-18-8-5-11)16-6-3-12-1-2-13(10-16)15-12/h11-13,15H,1-10H2. The largest absolute Gasteiger partial charge is 0.341 e. The van der Waals surface area contributed by atoms with Crippen molar-refractivity contribution in [3.8, 4) is 0 Å². The van der Waals surface area contributed by atoms with Crippen LogP contribution in [0.1, 0.15) is 38.5 Å². The van der Waals surface area contributed by atoms with Crippen molar-refractivity contribution >= 4 is 17.7 Å². The zero-order valence-corrected chi connectivity index (χ0v) is 11.9.